The molecule has 0 atom stereocenters. The lowest BCUT2D eigenvalue weighted by atomic mass is 9.98. The molecule has 0 aliphatic heterocycles. The quantitative estimate of drug-likeness (QED) is 0.624. The minimum atomic E-state index is -5.87. The Morgan fingerprint density at radius 1 is 1.11 bits per heavy atom. The molecule has 8 heteroatoms. The van der Waals surface area contributed by atoms with Gasteiger partial charge in [-0.2, -0.15) is 22.0 Å². The number of alkyl halides is 5. The summed E-state index contributed by atoms with van der Waals surface area (Å²) >= 11 is 0. The van der Waals surface area contributed by atoms with Crippen molar-refractivity contribution in [2.75, 3.05) is 13.2 Å². The van der Waals surface area contributed by atoms with Crippen molar-refractivity contribution in [3.05, 3.63) is 0 Å². The van der Waals surface area contributed by atoms with E-state index in [1.165, 1.54) is 5.32 Å². The van der Waals surface area contributed by atoms with Crippen LogP contribution in [0.15, 0.2) is 0 Å². The van der Waals surface area contributed by atoms with E-state index in [-0.39, 0.29) is 19.3 Å². The Labute approximate surface area is 107 Å². The van der Waals surface area contributed by atoms with E-state index in [1.54, 1.807) is 0 Å². The van der Waals surface area contributed by atoms with Crippen molar-refractivity contribution < 1.29 is 31.5 Å². The predicted molar refractivity (Wildman–Crippen MR) is 56.8 cm³/mol. The third-order valence-corrected chi connectivity index (χ3v) is 2.93. The molecule has 0 aromatic heterocycles. The molecule has 0 saturated heterocycles. The van der Waals surface area contributed by atoms with Crippen LogP contribution in [-0.2, 0) is 9.53 Å². The molecule has 1 aliphatic rings. The maximum Gasteiger partial charge on any atom is 0.463 e. The van der Waals surface area contributed by atoms with E-state index in [1.807, 2.05) is 0 Å². The van der Waals surface area contributed by atoms with E-state index >= 15 is 0 Å². The van der Waals surface area contributed by atoms with Crippen LogP contribution >= 0.6 is 0 Å². The average molecular weight is 289 g/mol. The summed E-state index contributed by atoms with van der Waals surface area (Å²) in [7, 11) is 0. The van der Waals surface area contributed by atoms with Crippen molar-refractivity contribution in [2.24, 2.45) is 0 Å². The summed E-state index contributed by atoms with van der Waals surface area (Å²) in [5.74, 6) is -7.70. The first-order valence-corrected chi connectivity index (χ1v) is 6.09. The van der Waals surface area contributed by atoms with Crippen LogP contribution in [0.25, 0.3) is 0 Å². The van der Waals surface area contributed by atoms with E-state index in [4.69, 9.17) is 4.74 Å². The van der Waals surface area contributed by atoms with Crippen LogP contribution in [0, 0.1) is 0 Å². The second-order valence-corrected chi connectivity index (χ2v) is 4.46. The van der Waals surface area contributed by atoms with E-state index < -0.39 is 18.0 Å². The Bertz CT molecular complexity index is 300. The van der Waals surface area contributed by atoms with Crippen LogP contribution < -0.4 is 5.32 Å². The summed E-state index contributed by atoms with van der Waals surface area (Å²) in [5.41, 5.74) is 0. The molecular weight excluding hydrogens is 273 g/mol. The zero-order chi connectivity index (χ0) is 14.5. The molecule has 0 radical (unpaired) electrons. The number of hydrogen-bond donors (Lipinski definition) is 1. The fourth-order valence-electron chi connectivity index (χ4n) is 1.86. The molecular formula is C11H16F5NO2. The maximum absolute atomic E-state index is 12.5. The Balaban J connectivity index is 2.23. The summed E-state index contributed by atoms with van der Waals surface area (Å²) in [6.07, 6.45) is -1.00. The third kappa shape index (κ3) is 4.59. The normalized spacial score (nSPS) is 18.4. The van der Waals surface area contributed by atoms with Crippen molar-refractivity contribution in [1.29, 1.82) is 0 Å². The molecule has 1 saturated carbocycles. The lowest BCUT2D eigenvalue weighted by Crippen LogP contribution is -2.51. The highest BCUT2D eigenvalue weighted by Gasteiger charge is 2.63. The highest BCUT2D eigenvalue weighted by atomic mass is 19.4. The number of carbonyl (C=O) groups is 1. The summed E-state index contributed by atoms with van der Waals surface area (Å²) in [5, 5.41) is 1.54. The second kappa shape index (κ2) is 6.49. The number of amides is 1. The fourth-order valence-corrected chi connectivity index (χ4v) is 1.86. The van der Waals surface area contributed by atoms with Crippen LogP contribution in [-0.4, -0.2) is 37.3 Å². The summed E-state index contributed by atoms with van der Waals surface area (Å²) in [4.78, 5) is 10.7. The highest BCUT2D eigenvalue weighted by molar-refractivity contribution is 5.84. The van der Waals surface area contributed by atoms with Gasteiger partial charge in [-0.05, 0) is 12.8 Å². The van der Waals surface area contributed by atoms with Crippen molar-refractivity contribution in [2.45, 2.75) is 50.3 Å². The molecule has 1 aliphatic carbocycles. The lowest BCUT2D eigenvalue weighted by molar-refractivity contribution is -0.269. The molecule has 1 rings (SSSR count). The van der Waals surface area contributed by atoms with Gasteiger partial charge in [-0.3, -0.25) is 4.79 Å². The predicted octanol–water partition coefficient (Wildman–Crippen LogP) is 2.65. The molecule has 1 amide bonds. The number of hydrogen-bond acceptors (Lipinski definition) is 2. The molecule has 0 heterocycles. The van der Waals surface area contributed by atoms with Gasteiger partial charge in [0.2, 0.25) is 0 Å². The van der Waals surface area contributed by atoms with Gasteiger partial charge in [0, 0.05) is 6.54 Å². The van der Waals surface area contributed by atoms with Crippen molar-refractivity contribution in [3.8, 4) is 0 Å². The average Bonchev–Trinajstić information content (AvgIpc) is 2.34. The monoisotopic (exact) mass is 289 g/mol. The van der Waals surface area contributed by atoms with Crippen LogP contribution in [0.3, 0.4) is 0 Å². The first-order chi connectivity index (χ1) is 8.75. The minimum absolute atomic E-state index is 0.00813. The van der Waals surface area contributed by atoms with Gasteiger partial charge in [-0.1, -0.05) is 19.3 Å². The topological polar surface area (TPSA) is 38.3 Å². The Kier molecular flexibility index (Phi) is 5.51. The van der Waals surface area contributed by atoms with Crippen LogP contribution in [0.1, 0.15) is 32.1 Å². The zero-order valence-corrected chi connectivity index (χ0v) is 10.2. The van der Waals surface area contributed by atoms with Gasteiger partial charge in [0.15, 0.2) is 0 Å². The van der Waals surface area contributed by atoms with Crippen molar-refractivity contribution in [3.63, 3.8) is 0 Å². The Morgan fingerprint density at radius 3 is 2.21 bits per heavy atom. The van der Waals surface area contributed by atoms with Crippen LogP contribution in [0.2, 0.25) is 0 Å². The highest BCUT2D eigenvalue weighted by Crippen LogP contribution is 2.35. The molecule has 0 unspecified atom stereocenters. The molecule has 1 fully saturated rings. The minimum Gasteiger partial charge on any atom is -0.376 e. The number of nitrogens with one attached hydrogen (secondary N) is 1. The molecule has 0 aromatic rings. The molecule has 0 bridgehead atoms. The molecule has 0 aromatic carbocycles. The first-order valence-electron chi connectivity index (χ1n) is 6.09. The summed E-state index contributed by atoms with van der Waals surface area (Å²) in [6.45, 7) is -0.425. The van der Waals surface area contributed by atoms with Crippen molar-refractivity contribution >= 4 is 5.91 Å². The maximum atomic E-state index is 12.5. The Morgan fingerprint density at radius 2 is 1.68 bits per heavy atom. The van der Waals surface area contributed by atoms with Gasteiger partial charge in [0.25, 0.3) is 5.91 Å². The van der Waals surface area contributed by atoms with Crippen LogP contribution in [0.5, 0.6) is 0 Å². The zero-order valence-electron chi connectivity index (χ0n) is 10.2. The lowest BCUT2D eigenvalue weighted by Gasteiger charge is -2.22. The largest absolute Gasteiger partial charge is 0.463 e. The SMILES string of the molecule is O=C(NCCOC1CCCCC1)C(F)(F)C(F)(F)F. The van der Waals surface area contributed by atoms with Gasteiger partial charge in [-0.15, -0.1) is 0 Å². The molecule has 0 spiro atoms. The first kappa shape index (κ1) is 16.1. The third-order valence-electron chi connectivity index (χ3n) is 2.93. The number of halogens is 5. The van der Waals surface area contributed by atoms with Crippen molar-refractivity contribution in [1.82, 2.24) is 5.32 Å². The number of ether oxygens (including phenoxy) is 1. The second-order valence-electron chi connectivity index (χ2n) is 4.46. The number of rotatable bonds is 5. The molecule has 3 nitrogen and oxygen atoms in total. The summed E-state index contributed by atoms with van der Waals surface area (Å²) in [6, 6.07) is 0. The van der Waals surface area contributed by atoms with Gasteiger partial charge in [-0.25, -0.2) is 0 Å². The van der Waals surface area contributed by atoms with Gasteiger partial charge < -0.3 is 10.1 Å². The van der Waals surface area contributed by atoms with Crippen LogP contribution in [0.4, 0.5) is 22.0 Å². The summed E-state index contributed by atoms with van der Waals surface area (Å²) < 4.78 is 65.9. The van der Waals surface area contributed by atoms with Gasteiger partial charge >= 0.3 is 12.1 Å². The molecule has 112 valence electrons. The fraction of sp³-hybridized carbons (Fsp3) is 0.909. The Hall–Kier alpha value is -0.920. The standard InChI is InChI=1S/C11H16F5NO2/c12-10(13,11(14,15)16)9(18)17-6-7-19-8-4-2-1-3-5-8/h8H,1-7H2,(H,17,18). The van der Waals surface area contributed by atoms with E-state index in [2.05, 4.69) is 0 Å². The molecule has 19 heavy (non-hydrogen) atoms. The van der Waals surface area contributed by atoms with E-state index in [0.717, 1.165) is 32.1 Å². The number of carbonyl (C=O) groups excluding carboxylic acids is 1. The molecule has 1 N–H and O–H groups in total. The van der Waals surface area contributed by atoms with Gasteiger partial charge in [0.1, 0.15) is 0 Å². The smallest absolute Gasteiger partial charge is 0.376 e. The van der Waals surface area contributed by atoms with E-state index in [9.17, 15) is 26.7 Å². The van der Waals surface area contributed by atoms with E-state index in [0.29, 0.717) is 0 Å². The van der Waals surface area contributed by atoms with Gasteiger partial charge in [0.05, 0.1) is 12.7 Å².